The molecule has 0 radical (unpaired) electrons. The molecule has 0 spiro atoms. The number of para-hydroxylation sites is 1. The van der Waals surface area contributed by atoms with Gasteiger partial charge < -0.3 is 29.0 Å². The predicted molar refractivity (Wildman–Crippen MR) is 132 cm³/mol. The van der Waals surface area contributed by atoms with Gasteiger partial charge in [0.15, 0.2) is 23.0 Å². The van der Waals surface area contributed by atoms with Crippen molar-refractivity contribution in [3.05, 3.63) is 71.3 Å². The number of nitrogens with zero attached hydrogens (tertiary/aromatic N) is 1. The number of rotatable bonds is 8. The van der Waals surface area contributed by atoms with Crippen molar-refractivity contribution >= 4 is 17.5 Å². The van der Waals surface area contributed by atoms with Crippen LogP contribution in [0.2, 0.25) is 0 Å². The van der Waals surface area contributed by atoms with Crippen molar-refractivity contribution in [1.82, 2.24) is 10.4 Å². The quantitative estimate of drug-likeness (QED) is 0.490. The molecule has 1 atom stereocenters. The van der Waals surface area contributed by atoms with Gasteiger partial charge in [-0.2, -0.15) is 0 Å². The van der Waals surface area contributed by atoms with Crippen LogP contribution in [0.15, 0.2) is 54.6 Å². The number of anilines is 1. The third-order valence-electron chi connectivity index (χ3n) is 5.80. The average Bonchev–Trinajstić information content (AvgIpc) is 2.92. The van der Waals surface area contributed by atoms with E-state index in [0.29, 0.717) is 45.6 Å². The van der Waals surface area contributed by atoms with Gasteiger partial charge in [-0.25, -0.2) is 5.01 Å². The number of hydrazine groups is 1. The van der Waals surface area contributed by atoms with E-state index in [1.807, 2.05) is 6.07 Å². The maximum Gasteiger partial charge on any atom is 0.276 e. The second-order valence-electron chi connectivity index (χ2n) is 7.74. The third-order valence-corrected chi connectivity index (χ3v) is 5.80. The van der Waals surface area contributed by atoms with Crippen LogP contribution < -0.4 is 34.4 Å². The summed E-state index contributed by atoms with van der Waals surface area (Å²) >= 11 is 0. The highest BCUT2D eigenvalue weighted by atomic mass is 16.5. The van der Waals surface area contributed by atoms with Gasteiger partial charge in [0.2, 0.25) is 5.75 Å². The van der Waals surface area contributed by atoms with Gasteiger partial charge in [-0.1, -0.05) is 18.2 Å². The normalized spacial score (nSPS) is 14.3. The topological polar surface area (TPSA) is 108 Å². The number of hydrogen-bond donors (Lipinski definition) is 2. The molecule has 3 aromatic rings. The Balaban J connectivity index is 1.75. The fraction of sp³-hybridized carbons (Fsp3) is 0.231. The summed E-state index contributed by atoms with van der Waals surface area (Å²) in [6.45, 7) is 0. The summed E-state index contributed by atoms with van der Waals surface area (Å²) in [6.07, 6.45) is -0.738. The summed E-state index contributed by atoms with van der Waals surface area (Å²) in [6, 6.07) is 15.4. The lowest BCUT2D eigenvalue weighted by molar-refractivity contribution is 0.0490. The number of carbonyl (C=O) groups is 2. The minimum Gasteiger partial charge on any atom is -0.493 e. The number of fused-ring (bicyclic) bond motifs is 1. The van der Waals surface area contributed by atoms with Crippen molar-refractivity contribution in [2.24, 2.45) is 0 Å². The minimum atomic E-state index is -0.738. The molecular weight excluding hydrogens is 466 g/mol. The number of nitrogens with one attached hydrogen (secondary N) is 2. The molecule has 2 N–H and O–H groups in total. The minimum absolute atomic E-state index is 0.210. The van der Waals surface area contributed by atoms with E-state index in [9.17, 15) is 9.59 Å². The molecule has 0 saturated heterocycles. The van der Waals surface area contributed by atoms with Crippen molar-refractivity contribution in [3.63, 3.8) is 0 Å². The molecule has 0 saturated carbocycles. The molecule has 0 fully saturated rings. The standard InChI is InChI=1S/C26H27N3O7/c1-32-19-11-10-15(12-20(19)33-2)24-27-18-9-7-6-8-17(18)26(31)29(24)28-25(30)16-13-21(34-3)23(36-5)22(14-16)35-4/h6-14,24,27H,1-5H3,(H,28,30). The van der Waals surface area contributed by atoms with Gasteiger partial charge in [0.05, 0.1) is 41.1 Å². The van der Waals surface area contributed by atoms with Crippen LogP contribution >= 0.6 is 0 Å². The van der Waals surface area contributed by atoms with E-state index in [1.165, 1.54) is 45.6 Å². The maximum atomic E-state index is 13.5. The first kappa shape index (κ1) is 24.5. The van der Waals surface area contributed by atoms with Crippen molar-refractivity contribution in [1.29, 1.82) is 0 Å². The number of ether oxygens (including phenoxy) is 5. The molecule has 10 heteroatoms. The van der Waals surface area contributed by atoms with Gasteiger partial charge in [-0.05, 0) is 36.4 Å². The summed E-state index contributed by atoms with van der Waals surface area (Å²) in [4.78, 5) is 26.9. The molecule has 0 aliphatic carbocycles. The van der Waals surface area contributed by atoms with Gasteiger partial charge in [0.25, 0.3) is 11.8 Å². The first-order valence-corrected chi connectivity index (χ1v) is 11.0. The Bertz CT molecular complexity index is 1270. The van der Waals surface area contributed by atoms with E-state index in [1.54, 1.807) is 43.5 Å². The van der Waals surface area contributed by atoms with E-state index < -0.39 is 12.1 Å². The molecule has 0 bridgehead atoms. The Labute approximate surface area is 208 Å². The van der Waals surface area contributed by atoms with Gasteiger partial charge in [-0.15, -0.1) is 0 Å². The highest BCUT2D eigenvalue weighted by molar-refractivity contribution is 6.04. The fourth-order valence-corrected chi connectivity index (χ4v) is 4.01. The molecule has 2 amide bonds. The highest BCUT2D eigenvalue weighted by Crippen LogP contribution is 2.39. The molecule has 1 aliphatic heterocycles. The largest absolute Gasteiger partial charge is 0.493 e. The van der Waals surface area contributed by atoms with Gasteiger partial charge in [-0.3, -0.25) is 15.0 Å². The molecule has 1 heterocycles. The van der Waals surface area contributed by atoms with Crippen molar-refractivity contribution in [3.8, 4) is 28.7 Å². The third kappa shape index (κ3) is 4.40. The lowest BCUT2D eigenvalue weighted by Gasteiger charge is -2.38. The summed E-state index contributed by atoms with van der Waals surface area (Å²) < 4.78 is 26.8. The molecule has 36 heavy (non-hydrogen) atoms. The molecule has 3 aromatic carbocycles. The molecular formula is C26H27N3O7. The van der Waals surface area contributed by atoms with Crippen LogP contribution in [0.3, 0.4) is 0 Å². The zero-order valence-corrected chi connectivity index (χ0v) is 20.6. The highest BCUT2D eigenvalue weighted by Gasteiger charge is 2.35. The molecule has 1 aliphatic rings. The van der Waals surface area contributed by atoms with Crippen LogP contribution in [0.4, 0.5) is 5.69 Å². The first-order valence-electron chi connectivity index (χ1n) is 11.0. The van der Waals surface area contributed by atoms with E-state index in [2.05, 4.69) is 10.7 Å². The van der Waals surface area contributed by atoms with Crippen LogP contribution in [0.25, 0.3) is 0 Å². The summed E-state index contributed by atoms with van der Waals surface area (Å²) in [5, 5.41) is 4.57. The number of benzene rings is 3. The summed E-state index contributed by atoms with van der Waals surface area (Å²) in [5.74, 6) is 1.07. The number of methoxy groups -OCH3 is 5. The Kier molecular flexibility index (Phi) is 7.05. The van der Waals surface area contributed by atoms with Gasteiger partial charge in [0.1, 0.15) is 6.17 Å². The molecule has 1 unspecified atom stereocenters. The molecule has 0 aromatic heterocycles. The van der Waals surface area contributed by atoms with E-state index >= 15 is 0 Å². The van der Waals surface area contributed by atoms with Crippen LogP contribution in [-0.2, 0) is 0 Å². The predicted octanol–water partition coefficient (Wildman–Crippen LogP) is 3.64. The Morgan fingerprint density at radius 2 is 1.44 bits per heavy atom. The second kappa shape index (κ2) is 10.3. The van der Waals surface area contributed by atoms with Crippen LogP contribution in [0.1, 0.15) is 32.4 Å². The van der Waals surface area contributed by atoms with Gasteiger partial charge >= 0.3 is 0 Å². The number of amides is 2. The monoisotopic (exact) mass is 493 g/mol. The smallest absolute Gasteiger partial charge is 0.276 e. The van der Waals surface area contributed by atoms with Gasteiger partial charge in [0, 0.05) is 16.8 Å². The summed E-state index contributed by atoms with van der Waals surface area (Å²) in [7, 11) is 7.46. The lowest BCUT2D eigenvalue weighted by Crippen LogP contribution is -2.52. The van der Waals surface area contributed by atoms with Crippen molar-refractivity contribution < 1.29 is 33.3 Å². The second-order valence-corrected chi connectivity index (χ2v) is 7.74. The van der Waals surface area contributed by atoms with E-state index in [4.69, 9.17) is 23.7 Å². The summed E-state index contributed by atoms with van der Waals surface area (Å²) in [5.41, 5.74) is 4.67. The lowest BCUT2D eigenvalue weighted by atomic mass is 10.0. The van der Waals surface area contributed by atoms with Crippen molar-refractivity contribution in [2.45, 2.75) is 6.17 Å². The van der Waals surface area contributed by atoms with Crippen LogP contribution in [0, 0.1) is 0 Å². The van der Waals surface area contributed by atoms with E-state index in [0.717, 1.165) is 0 Å². The Hall–Kier alpha value is -4.60. The SMILES string of the molecule is COc1ccc(C2Nc3ccccc3C(=O)N2NC(=O)c2cc(OC)c(OC)c(OC)c2)cc1OC. The van der Waals surface area contributed by atoms with Crippen LogP contribution in [0.5, 0.6) is 28.7 Å². The molecule has 10 nitrogen and oxygen atoms in total. The zero-order chi connectivity index (χ0) is 25.8. The van der Waals surface area contributed by atoms with Crippen LogP contribution in [-0.4, -0.2) is 52.4 Å². The number of hydrogen-bond acceptors (Lipinski definition) is 8. The first-order chi connectivity index (χ1) is 17.4. The molecule has 188 valence electrons. The Morgan fingerprint density at radius 3 is 2.06 bits per heavy atom. The number of carbonyl (C=O) groups excluding carboxylic acids is 2. The maximum absolute atomic E-state index is 13.5. The zero-order valence-electron chi connectivity index (χ0n) is 20.6. The Morgan fingerprint density at radius 1 is 0.806 bits per heavy atom. The molecule has 4 rings (SSSR count). The van der Waals surface area contributed by atoms with Crippen molar-refractivity contribution in [2.75, 3.05) is 40.9 Å². The average molecular weight is 494 g/mol. The van der Waals surface area contributed by atoms with E-state index in [-0.39, 0.29) is 11.5 Å². The fourth-order valence-electron chi connectivity index (χ4n) is 4.01.